The van der Waals surface area contributed by atoms with Gasteiger partial charge in [0.15, 0.2) is 0 Å². The summed E-state index contributed by atoms with van der Waals surface area (Å²) in [5.41, 5.74) is 1.19. The van der Waals surface area contributed by atoms with Crippen molar-refractivity contribution in [3.8, 4) is 11.8 Å². The predicted octanol–water partition coefficient (Wildman–Crippen LogP) is 2.30. The number of hydrogen-bond acceptors (Lipinski definition) is 3. The van der Waals surface area contributed by atoms with Crippen LogP contribution in [-0.2, 0) is 11.2 Å². The molecule has 0 aliphatic rings. The Hall–Kier alpha value is -2.02. The third kappa shape index (κ3) is 4.29. The second-order valence-electron chi connectivity index (χ2n) is 5.79. The summed E-state index contributed by atoms with van der Waals surface area (Å²) in [6, 6.07) is 6.71. The normalized spacial score (nSPS) is 12.6. The molecule has 0 fully saturated rings. The number of rotatable bonds is 3. The standard InChI is InChI=1S/C15H20N2O2/c1-10-5-6-11(7-12(10)18)8-14(19)17-13(9-16)15(2,3)4/h5-7,13,18H,8H2,1-4H3,(H,17,19). The van der Waals surface area contributed by atoms with Gasteiger partial charge in [-0.2, -0.15) is 5.26 Å². The highest BCUT2D eigenvalue weighted by Gasteiger charge is 2.25. The van der Waals surface area contributed by atoms with Crippen molar-refractivity contribution in [3.63, 3.8) is 0 Å². The zero-order valence-corrected chi connectivity index (χ0v) is 11.8. The molecule has 0 aliphatic carbocycles. The molecule has 19 heavy (non-hydrogen) atoms. The topological polar surface area (TPSA) is 73.1 Å². The Morgan fingerprint density at radius 2 is 2.11 bits per heavy atom. The van der Waals surface area contributed by atoms with E-state index >= 15 is 0 Å². The van der Waals surface area contributed by atoms with Crippen molar-refractivity contribution in [1.29, 1.82) is 5.26 Å². The maximum atomic E-state index is 11.9. The fraction of sp³-hybridized carbons (Fsp3) is 0.467. The number of hydrogen-bond donors (Lipinski definition) is 2. The van der Waals surface area contributed by atoms with Gasteiger partial charge in [-0.1, -0.05) is 32.9 Å². The first-order valence-electron chi connectivity index (χ1n) is 6.21. The molecule has 4 heteroatoms. The van der Waals surface area contributed by atoms with Gasteiger partial charge in [-0.3, -0.25) is 4.79 Å². The molecule has 4 nitrogen and oxygen atoms in total. The van der Waals surface area contributed by atoms with Gasteiger partial charge < -0.3 is 10.4 Å². The fourth-order valence-corrected chi connectivity index (χ4v) is 1.60. The van der Waals surface area contributed by atoms with Crippen LogP contribution in [0.25, 0.3) is 0 Å². The van der Waals surface area contributed by atoms with Crippen LogP contribution in [0.3, 0.4) is 0 Å². The first-order valence-corrected chi connectivity index (χ1v) is 6.21. The molecule has 0 saturated carbocycles. The molecule has 0 saturated heterocycles. The summed E-state index contributed by atoms with van der Waals surface area (Å²) in [6.45, 7) is 7.50. The highest BCUT2D eigenvalue weighted by Crippen LogP contribution is 2.20. The van der Waals surface area contributed by atoms with E-state index in [0.29, 0.717) is 0 Å². The molecule has 0 aromatic heterocycles. The Balaban J connectivity index is 2.70. The lowest BCUT2D eigenvalue weighted by Gasteiger charge is -2.25. The van der Waals surface area contributed by atoms with Gasteiger partial charge in [-0.25, -0.2) is 0 Å². The third-order valence-electron chi connectivity index (χ3n) is 2.94. The van der Waals surface area contributed by atoms with E-state index in [2.05, 4.69) is 11.4 Å². The number of nitrogens with one attached hydrogen (secondary N) is 1. The molecule has 1 atom stereocenters. The van der Waals surface area contributed by atoms with Crippen LogP contribution in [0.2, 0.25) is 0 Å². The summed E-state index contributed by atoms with van der Waals surface area (Å²) < 4.78 is 0. The minimum Gasteiger partial charge on any atom is -0.508 e. The predicted molar refractivity (Wildman–Crippen MR) is 73.5 cm³/mol. The zero-order valence-electron chi connectivity index (χ0n) is 11.8. The van der Waals surface area contributed by atoms with Gasteiger partial charge >= 0.3 is 0 Å². The number of phenolic OH excluding ortho intramolecular Hbond substituents is 1. The van der Waals surface area contributed by atoms with Gasteiger partial charge in [0.2, 0.25) is 5.91 Å². The van der Waals surface area contributed by atoms with E-state index in [1.807, 2.05) is 20.8 Å². The van der Waals surface area contributed by atoms with Crippen molar-refractivity contribution in [1.82, 2.24) is 5.32 Å². The number of carbonyl (C=O) groups excluding carboxylic acids is 1. The van der Waals surface area contributed by atoms with Crippen LogP contribution in [0.4, 0.5) is 0 Å². The van der Waals surface area contributed by atoms with Crippen LogP contribution >= 0.6 is 0 Å². The number of nitriles is 1. The summed E-state index contributed by atoms with van der Waals surface area (Å²) >= 11 is 0. The number of phenols is 1. The number of aryl methyl sites for hydroxylation is 1. The van der Waals surface area contributed by atoms with Gasteiger partial charge in [0.25, 0.3) is 0 Å². The Kier molecular flexibility index (Phi) is 4.55. The quantitative estimate of drug-likeness (QED) is 0.875. The summed E-state index contributed by atoms with van der Waals surface area (Å²) in [4.78, 5) is 11.9. The van der Waals surface area contributed by atoms with Gasteiger partial charge in [0, 0.05) is 0 Å². The van der Waals surface area contributed by atoms with Crippen molar-refractivity contribution in [2.75, 3.05) is 0 Å². The number of benzene rings is 1. The summed E-state index contributed by atoms with van der Waals surface area (Å²) in [6.07, 6.45) is 0.155. The molecule has 1 rings (SSSR count). The maximum absolute atomic E-state index is 11.9. The lowest BCUT2D eigenvalue weighted by molar-refractivity contribution is -0.121. The molecule has 1 unspecified atom stereocenters. The van der Waals surface area contributed by atoms with Crippen LogP contribution in [0.5, 0.6) is 5.75 Å². The molecule has 0 radical (unpaired) electrons. The van der Waals surface area contributed by atoms with Crippen LogP contribution in [0.1, 0.15) is 31.9 Å². The average Bonchev–Trinajstić information content (AvgIpc) is 2.29. The SMILES string of the molecule is Cc1ccc(CC(=O)NC(C#N)C(C)(C)C)cc1O. The minimum atomic E-state index is -0.529. The molecule has 0 spiro atoms. The van der Waals surface area contributed by atoms with Crippen LogP contribution in [0.15, 0.2) is 18.2 Å². The highest BCUT2D eigenvalue weighted by molar-refractivity contribution is 5.79. The van der Waals surface area contributed by atoms with Crippen molar-refractivity contribution < 1.29 is 9.90 Å². The molecule has 2 N–H and O–H groups in total. The third-order valence-corrected chi connectivity index (χ3v) is 2.94. The summed E-state index contributed by atoms with van der Waals surface area (Å²) in [5, 5.41) is 21.3. The Bertz CT molecular complexity index is 510. The van der Waals surface area contributed by atoms with E-state index < -0.39 is 6.04 Å². The van der Waals surface area contributed by atoms with Crippen molar-refractivity contribution in [2.45, 2.75) is 40.2 Å². The van der Waals surface area contributed by atoms with E-state index in [4.69, 9.17) is 5.26 Å². The minimum absolute atomic E-state index is 0.155. The van der Waals surface area contributed by atoms with Gasteiger partial charge in [-0.15, -0.1) is 0 Å². The number of amides is 1. The van der Waals surface area contributed by atoms with E-state index in [0.717, 1.165) is 11.1 Å². The summed E-state index contributed by atoms with van der Waals surface area (Å²) in [7, 11) is 0. The molecular weight excluding hydrogens is 240 g/mol. The Labute approximate surface area is 114 Å². The van der Waals surface area contributed by atoms with Crippen molar-refractivity contribution in [3.05, 3.63) is 29.3 Å². The molecule has 1 aromatic carbocycles. The van der Waals surface area contributed by atoms with E-state index in [9.17, 15) is 9.90 Å². The van der Waals surface area contributed by atoms with Crippen molar-refractivity contribution in [2.24, 2.45) is 5.41 Å². The fourth-order valence-electron chi connectivity index (χ4n) is 1.60. The van der Waals surface area contributed by atoms with Gasteiger partial charge in [0.05, 0.1) is 12.5 Å². The van der Waals surface area contributed by atoms with Crippen LogP contribution < -0.4 is 5.32 Å². The van der Waals surface area contributed by atoms with Crippen LogP contribution in [-0.4, -0.2) is 17.1 Å². The summed E-state index contributed by atoms with van der Waals surface area (Å²) in [5.74, 6) is -0.0392. The maximum Gasteiger partial charge on any atom is 0.225 e. The lowest BCUT2D eigenvalue weighted by atomic mass is 9.87. The van der Waals surface area contributed by atoms with Gasteiger partial charge in [-0.05, 0) is 29.5 Å². The molecule has 0 bridgehead atoms. The van der Waals surface area contributed by atoms with Gasteiger partial charge in [0.1, 0.15) is 11.8 Å². The first kappa shape index (κ1) is 15.0. The first-order chi connectivity index (χ1) is 8.74. The molecule has 1 amide bonds. The zero-order chi connectivity index (χ0) is 14.6. The van der Waals surface area contributed by atoms with E-state index in [1.165, 1.54) is 0 Å². The lowest BCUT2D eigenvalue weighted by Crippen LogP contribution is -2.43. The molecular formula is C15H20N2O2. The Morgan fingerprint density at radius 1 is 1.47 bits per heavy atom. The van der Waals surface area contributed by atoms with E-state index in [1.54, 1.807) is 25.1 Å². The average molecular weight is 260 g/mol. The molecule has 1 aromatic rings. The molecule has 0 aliphatic heterocycles. The van der Waals surface area contributed by atoms with Crippen LogP contribution in [0, 0.1) is 23.7 Å². The highest BCUT2D eigenvalue weighted by atomic mass is 16.3. The number of nitrogens with zero attached hydrogens (tertiary/aromatic N) is 1. The molecule has 0 heterocycles. The Morgan fingerprint density at radius 3 is 2.58 bits per heavy atom. The number of carbonyl (C=O) groups is 1. The molecule has 102 valence electrons. The smallest absolute Gasteiger partial charge is 0.225 e. The van der Waals surface area contributed by atoms with E-state index in [-0.39, 0.29) is 23.5 Å². The van der Waals surface area contributed by atoms with Crippen molar-refractivity contribution >= 4 is 5.91 Å². The second-order valence-corrected chi connectivity index (χ2v) is 5.79. The second kappa shape index (κ2) is 5.75. The number of aromatic hydroxyl groups is 1. The monoisotopic (exact) mass is 260 g/mol. The largest absolute Gasteiger partial charge is 0.508 e.